The van der Waals surface area contributed by atoms with Gasteiger partial charge in [0.1, 0.15) is 38.6 Å². The van der Waals surface area contributed by atoms with Gasteiger partial charge in [-0.25, -0.2) is 9.59 Å². The van der Waals surface area contributed by atoms with Gasteiger partial charge in [0, 0.05) is 39.5 Å². The molecule has 6 N–H and O–H groups in total. The Labute approximate surface area is 286 Å². The quantitative estimate of drug-likeness (QED) is 0.0408. The summed E-state index contributed by atoms with van der Waals surface area (Å²) < 4.78 is 18.8. The highest BCUT2D eigenvalue weighted by atomic mass is 16.6. The monoisotopic (exact) mass is 706 g/mol. The summed E-state index contributed by atoms with van der Waals surface area (Å²) in [5.74, 6) is -3.47. The third-order valence-corrected chi connectivity index (χ3v) is 5.88. The van der Waals surface area contributed by atoms with Crippen molar-refractivity contribution < 1.29 is 67.5 Å². The number of nitrogens with one attached hydrogen (secondary N) is 4. The van der Waals surface area contributed by atoms with Gasteiger partial charge in [-0.05, 0) is 46.5 Å². The molecule has 0 aliphatic rings. The van der Waals surface area contributed by atoms with Crippen LogP contribution in [0, 0.1) is 0 Å². The van der Waals surface area contributed by atoms with Crippen molar-refractivity contribution in [3.05, 3.63) is 0 Å². The highest BCUT2D eigenvalue weighted by Gasteiger charge is 2.14. The number of carbonyl (C=O) groups is 8. The number of ketones is 2. The van der Waals surface area contributed by atoms with Crippen LogP contribution in [-0.4, -0.2) is 136 Å². The summed E-state index contributed by atoms with van der Waals surface area (Å²) in [5, 5.41) is 28.3. The molecule has 18 heteroatoms. The minimum Gasteiger partial charge on any atom is -0.456 e. The summed E-state index contributed by atoms with van der Waals surface area (Å²) >= 11 is 0. The first-order valence-corrected chi connectivity index (χ1v) is 16.1. The number of hydrogen-bond donors (Lipinski definition) is 6. The molecule has 0 saturated heterocycles. The largest absolute Gasteiger partial charge is 0.456 e. The molecule has 49 heavy (non-hydrogen) atoms. The molecule has 0 aromatic rings. The van der Waals surface area contributed by atoms with Gasteiger partial charge in [-0.2, -0.15) is 0 Å². The van der Waals surface area contributed by atoms with Crippen LogP contribution in [0.3, 0.4) is 0 Å². The number of ether oxygens (including phenoxy) is 4. The molecule has 0 aromatic heterocycles. The molecular weight excluding hydrogens is 652 g/mol. The average Bonchev–Trinajstić information content (AvgIpc) is 3.05. The van der Waals surface area contributed by atoms with E-state index in [2.05, 4.69) is 30.7 Å². The second-order valence-corrected chi connectivity index (χ2v) is 10.6. The molecule has 4 amide bonds. The molecule has 0 aliphatic heterocycles. The molecule has 0 spiro atoms. The molecule has 0 saturated carbocycles. The van der Waals surface area contributed by atoms with E-state index in [1.165, 1.54) is 13.8 Å². The number of Topliss-reactive ketones (excluding diaryl/α,β-unsaturated/α-hetero) is 2. The molecule has 2 atom stereocenters. The summed E-state index contributed by atoms with van der Waals surface area (Å²) in [6, 6.07) is 0. The lowest BCUT2D eigenvalue weighted by atomic mass is 10.2. The minimum absolute atomic E-state index is 0.00349. The zero-order chi connectivity index (χ0) is 37.5. The van der Waals surface area contributed by atoms with Crippen molar-refractivity contribution in [3.8, 4) is 0 Å². The van der Waals surface area contributed by atoms with E-state index in [4.69, 9.17) is 19.7 Å². The number of aliphatic hydroxyl groups excluding tert-OH is 2. The molecule has 0 rings (SSSR count). The van der Waals surface area contributed by atoms with Crippen molar-refractivity contribution in [2.75, 3.05) is 66.3 Å². The van der Waals surface area contributed by atoms with E-state index in [1.54, 1.807) is 7.05 Å². The van der Waals surface area contributed by atoms with E-state index in [0.717, 1.165) is 38.5 Å². The standard InChI is InChI=1S/C16H28N2O7.C15H26N2O7/c1-3-17-14(21)7-5-4-6-8-18-15(22)11-24-9-13(20)10-25-16(23)12(2)19;1-11(18)15(22)24-9-12(19)8-23-10-14(21)17-7-5-3-4-6-13(20)16-2/h12,19H,3-11H2,1-2H3,(H,17,21)(H,18,22);11,18H,3-10H2,1-2H3,(H,16,20)(H,17,21). The van der Waals surface area contributed by atoms with Gasteiger partial charge in [0.2, 0.25) is 23.6 Å². The summed E-state index contributed by atoms with van der Waals surface area (Å²) in [6.07, 6.45) is 3.02. The van der Waals surface area contributed by atoms with Gasteiger partial charge in [0.05, 0.1) is 0 Å². The van der Waals surface area contributed by atoms with Crippen molar-refractivity contribution >= 4 is 47.1 Å². The molecule has 0 heterocycles. The Morgan fingerprint density at radius 1 is 0.531 bits per heavy atom. The molecular formula is C31H54N4O14. The van der Waals surface area contributed by atoms with E-state index < -0.39 is 48.9 Å². The molecule has 0 aliphatic carbocycles. The van der Waals surface area contributed by atoms with Crippen LogP contribution in [0.5, 0.6) is 0 Å². The Morgan fingerprint density at radius 2 is 0.939 bits per heavy atom. The average molecular weight is 707 g/mol. The number of carbonyl (C=O) groups excluding carboxylic acids is 8. The summed E-state index contributed by atoms with van der Waals surface area (Å²) in [5.41, 5.74) is 0. The second-order valence-electron chi connectivity index (χ2n) is 10.6. The summed E-state index contributed by atoms with van der Waals surface area (Å²) in [4.78, 5) is 89.6. The Bertz CT molecular complexity index is 1020. The Hall–Kier alpha value is -4.00. The van der Waals surface area contributed by atoms with E-state index >= 15 is 0 Å². The van der Waals surface area contributed by atoms with Crippen molar-refractivity contribution in [1.82, 2.24) is 21.3 Å². The lowest BCUT2D eigenvalue weighted by Gasteiger charge is -2.07. The van der Waals surface area contributed by atoms with Crippen LogP contribution in [0.15, 0.2) is 0 Å². The number of hydrogen-bond acceptors (Lipinski definition) is 14. The van der Waals surface area contributed by atoms with Crippen LogP contribution in [0.4, 0.5) is 0 Å². The van der Waals surface area contributed by atoms with Crippen molar-refractivity contribution in [1.29, 1.82) is 0 Å². The first-order chi connectivity index (χ1) is 23.2. The maximum atomic E-state index is 11.5. The maximum absolute atomic E-state index is 11.5. The Morgan fingerprint density at radius 3 is 1.31 bits per heavy atom. The lowest BCUT2D eigenvalue weighted by molar-refractivity contribution is -0.156. The molecule has 2 unspecified atom stereocenters. The number of rotatable bonds is 27. The molecule has 0 radical (unpaired) electrons. The number of amides is 4. The fraction of sp³-hybridized carbons (Fsp3) is 0.742. The molecule has 0 aromatic carbocycles. The van der Waals surface area contributed by atoms with Gasteiger partial charge in [-0.1, -0.05) is 12.8 Å². The van der Waals surface area contributed by atoms with Gasteiger partial charge in [0.15, 0.2) is 24.8 Å². The van der Waals surface area contributed by atoms with Crippen molar-refractivity contribution in [3.63, 3.8) is 0 Å². The Kier molecular flexibility index (Phi) is 30.1. The van der Waals surface area contributed by atoms with Crippen LogP contribution in [0.2, 0.25) is 0 Å². The van der Waals surface area contributed by atoms with Crippen LogP contribution in [0.1, 0.15) is 72.1 Å². The van der Waals surface area contributed by atoms with Gasteiger partial charge < -0.3 is 50.4 Å². The first kappa shape index (κ1) is 47.1. The fourth-order valence-electron chi connectivity index (χ4n) is 3.29. The van der Waals surface area contributed by atoms with Crippen molar-refractivity contribution in [2.24, 2.45) is 0 Å². The van der Waals surface area contributed by atoms with E-state index in [9.17, 15) is 38.4 Å². The zero-order valence-corrected chi connectivity index (χ0v) is 29.0. The second kappa shape index (κ2) is 31.3. The lowest BCUT2D eigenvalue weighted by Crippen LogP contribution is -2.30. The predicted octanol–water partition coefficient (Wildman–Crippen LogP) is -1.77. The van der Waals surface area contributed by atoms with E-state index in [1.807, 2.05) is 6.92 Å². The number of esters is 2. The van der Waals surface area contributed by atoms with Crippen LogP contribution < -0.4 is 21.3 Å². The smallest absolute Gasteiger partial charge is 0.335 e. The third-order valence-electron chi connectivity index (χ3n) is 5.88. The topological polar surface area (TPSA) is 262 Å². The Balaban J connectivity index is 0. The molecule has 0 fully saturated rings. The van der Waals surface area contributed by atoms with E-state index in [-0.39, 0.29) is 50.1 Å². The van der Waals surface area contributed by atoms with Crippen molar-refractivity contribution in [2.45, 2.75) is 84.3 Å². The zero-order valence-electron chi connectivity index (χ0n) is 29.0. The molecule has 18 nitrogen and oxygen atoms in total. The third kappa shape index (κ3) is 32.3. The summed E-state index contributed by atoms with van der Waals surface area (Å²) in [7, 11) is 1.59. The minimum atomic E-state index is -1.29. The van der Waals surface area contributed by atoms with Crippen LogP contribution in [0.25, 0.3) is 0 Å². The van der Waals surface area contributed by atoms with Crippen LogP contribution in [-0.2, 0) is 57.3 Å². The van der Waals surface area contributed by atoms with Gasteiger partial charge in [-0.3, -0.25) is 28.8 Å². The SMILES string of the molecule is CCNC(=O)CCCCCNC(=O)COCC(=O)COC(=O)C(C)O.CNC(=O)CCCCCNC(=O)COCC(=O)COC(=O)C(C)O. The highest BCUT2D eigenvalue weighted by molar-refractivity contribution is 5.85. The van der Waals surface area contributed by atoms with Gasteiger partial charge in [0.25, 0.3) is 0 Å². The van der Waals surface area contributed by atoms with E-state index in [0.29, 0.717) is 32.5 Å². The van der Waals surface area contributed by atoms with Gasteiger partial charge in [-0.15, -0.1) is 0 Å². The first-order valence-electron chi connectivity index (χ1n) is 16.1. The van der Waals surface area contributed by atoms with Gasteiger partial charge >= 0.3 is 11.9 Å². The molecule has 282 valence electrons. The fourth-order valence-corrected chi connectivity index (χ4v) is 3.29. The molecule has 0 bridgehead atoms. The normalized spacial score (nSPS) is 11.5. The summed E-state index contributed by atoms with van der Waals surface area (Å²) in [6.45, 7) is 3.63. The maximum Gasteiger partial charge on any atom is 0.335 e. The highest BCUT2D eigenvalue weighted by Crippen LogP contribution is 1.99. The number of aliphatic hydroxyl groups is 2. The predicted molar refractivity (Wildman–Crippen MR) is 173 cm³/mol. The number of unbranched alkanes of at least 4 members (excludes halogenated alkanes) is 4. The van der Waals surface area contributed by atoms with Crippen LogP contribution >= 0.6 is 0 Å².